The second-order valence-electron chi connectivity index (χ2n) is 7.96. The van der Waals surface area contributed by atoms with Crippen LogP contribution in [0.3, 0.4) is 0 Å². The summed E-state index contributed by atoms with van der Waals surface area (Å²) in [6.45, 7) is 8.12. The Bertz CT molecular complexity index is 563. The molecule has 2 fully saturated rings. The number of hydrogen-bond donors (Lipinski definition) is 0. The summed E-state index contributed by atoms with van der Waals surface area (Å²) >= 11 is 0. The second-order valence-corrected chi connectivity index (χ2v) is 7.96. The largest absolute Gasteiger partial charge is 0.491 e. The fourth-order valence-corrected chi connectivity index (χ4v) is 4.44. The van der Waals surface area contributed by atoms with Gasteiger partial charge in [-0.3, -0.25) is 0 Å². The van der Waals surface area contributed by atoms with Crippen LogP contribution in [0.4, 0.5) is 8.78 Å². The van der Waals surface area contributed by atoms with Gasteiger partial charge in [0, 0.05) is 0 Å². The Hall–Kier alpha value is -1.84. The van der Waals surface area contributed by atoms with Gasteiger partial charge in [-0.05, 0) is 87.2 Å². The minimum Gasteiger partial charge on any atom is -0.491 e. The molecular weight excluding hydrogens is 358 g/mol. The first-order chi connectivity index (χ1) is 13.7. The molecule has 0 spiro atoms. The predicted molar refractivity (Wildman–Crippen MR) is 111 cm³/mol. The molecule has 0 unspecified atom stereocenters. The van der Waals surface area contributed by atoms with E-state index in [0.717, 1.165) is 30.6 Å². The molecule has 0 saturated heterocycles. The van der Waals surface area contributed by atoms with Gasteiger partial charge >= 0.3 is 0 Å². The monoisotopic (exact) mass is 392 g/mol. The summed E-state index contributed by atoms with van der Waals surface area (Å²) in [6, 6.07) is 0. The Morgan fingerprint density at radius 3 is 1.82 bits per heavy atom. The van der Waals surface area contributed by atoms with Gasteiger partial charge in [0.05, 0.1) is 6.61 Å². The fourth-order valence-electron chi connectivity index (χ4n) is 4.44. The molecule has 0 aliphatic heterocycles. The van der Waals surface area contributed by atoms with Gasteiger partial charge in [0.1, 0.15) is 30.8 Å². The number of ether oxygens (including phenoxy) is 2. The standard InChI is InChI=1S/C24H34F2O2/c1-3-15-27-23(16-25)13-14-24(17-26)28-18-20-7-11-22(12-8-20)21-9-5-19(4-2)6-10-21/h3-4,13-14,16-17,19-22H,1-2,5-12,15,18H2/b14-13-,23-16-,24-17-. The normalized spacial score (nSPS) is 29.5. The molecule has 4 heteroatoms. The van der Waals surface area contributed by atoms with Crippen molar-refractivity contribution in [2.45, 2.75) is 51.4 Å². The van der Waals surface area contributed by atoms with Crippen LogP contribution in [0.25, 0.3) is 0 Å². The van der Waals surface area contributed by atoms with Crippen molar-refractivity contribution >= 4 is 0 Å². The van der Waals surface area contributed by atoms with Crippen molar-refractivity contribution in [2.24, 2.45) is 23.7 Å². The maximum atomic E-state index is 13.1. The van der Waals surface area contributed by atoms with Crippen molar-refractivity contribution in [2.75, 3.05) is 13.2 Å². The SMILES string of the molecule is C=CCOC(/C=C\C(=C\F)OCC1CCC(C2CCC(C=C)CC2)CC1)=C\F. The van der Waals surface area contributed by atoms with Crippen LogP contribution in [-0.4, -0.2) is 13.2 Å². The first kappa shape index (κ1) is 22.4. The van der Waals surface area contributed by atoms with E-state index in [9.17, 15) is 8.78 Å². The Morgan fingerprint density at radius 1 is 0.786 bits per heavy atom. The van der Waals surface area contributed by atoms with Crippen LogP contribution in [-0.2, 0) is 9.47 Å². The molecule has 2 aliphatic rings. The van der Waals surface area contributed by atoms with Crippen molar-refractivity contribution in [3.05, 3.63) is 61.6 Å². The van der Waals surface area contributed by atoms with Crippen LogP contribution in [0.15, 0.2) is 61.6 Å². The van der Waals surface area contributed by atoms with Crippen LogP contribution in [0.1, 0.15) is 51.4 Å². The average Bonchev–Trinajstić information content (AvgIpc) is 2.76. The van der Waals surface area contributed by atoms with Crippen LogP contribution in [0, 0.1) is 23.7 Å². The summed E-state index contributed by atoms with van der Waals surface area (Å²) in [5.74, 6) is 2.97. The van der Waals surface area contributed by atoms with E-state index in [1.165, 1.54) is 56.8 Å². The summed E-state index contributed by atoms with van der Waals surface area (Å²) in [5.41, 5.74) is 0. The van der Waals surface area contributed by atoms with Crippen molar-refractivity contribution in [1.82, 2.24) is 0 Å². The van der Waals surface area contributed by atoms with E-state index in [1.54, 1.807) is 0 Å². The van der Waals surface area contributed by atoms with Crippen LogP contribution >= 0.6 is 0 Å². The predicted octanol–water partition coefficient (Wildman–Crippen LogP) is 7.18. The van der Waals surface area contributed by atoms with E-state index in [4.69, 9.17) is 9.47 Å². The van der Waals surface area contributed by atoms with Crippen molar-refractivity contribution in [3.8, 4) is 0 Å². The average molecular weight is 393 g/mol. The number of halogens is 2. The van der Waals surface area contributed by atoms with Crippen molar-refractivity contribution in [1.29, 1.82) is 0 Å². The molecule has 0 aromatic heterocycles. The third kappa shape index (κ3) is 7.29. The Morgan fingerprint density at radius 2 is 1.32 bits per heavy atom. The lowest BCUT2D eigenvalue weighted by atomic mass is 9.69. The molecule has 0 aromatic rings. The first-order valence-electron chi connectivity index (χ1n) is 10.5. The van der Waals surface area contributed by atoms with Crippen LogP contribution in [0.5, 0.6) is 0 Å². The molecule has 0 bridgehead atoms. The molecular formula is C24H34F2O2. The first-order valence-corrected chi connectivity index (χ1v) is 10.5. The highest BCUT2D eigenvalue weighted by Gasteiger charge is 2.30. The lowest BCUT2D eigenvalue weighted by Gasteiger charge is -2.37. The van der Waals surface area contributed by atoms with Crippen LogP contribution in [0.2, 0.25) is 0 Å². The van der Waals surface area contributed by atoms with Gasteiger partial charge < -0.3 is 9.47 Å². The minimum atomic E-state index is 0.00883. The molecule has 0 atom stereocenters. The molecule has 2 rings (SSSR count). The van der Waals surface area contributed by atoms with Gasteiger partial charge in [-0.25, -0.2) is 8.78 Å². The van der Waals surface area contributed by atoms with E-state index in [0.29, 0.717) is 25.2 Å². The maximum Gasteiger partial charge on any atom is 0.148 e. The maximum absolute atomic E-state index is 13.1. The molecule has 0 amide bonds. The molecule has 0 heterocycles. The van der Waals surface area contributed by atoms with E-state index >= 15 is 0 Å². The number of allylic oxidation sites excluding steroid dienone is 3. The molecule has 0 radical (unpaired) electrons. The molecule has 156 valence electrons. The Balaban J connectivity index is 1.70. The van der Waals surface area contributed by atoms with Crippen LogP contribution < -0.4 is 0 Å². The van der Waals surface area contributed by atoms with Gasteiger partial charge in [0.25, 0.3) is 0 Å². The highest BCUT2D eigenvalue weighted by atomic mass is 19.1. The number of hydrogen-bond acceptors (Lipinski definition) is 2. The molecule has 2 nitrogen and oxygen atoms in total. The Kier molecular flexibility index (Phi) is 10.1. The molecule has 0 N–H and O–H groups in total. The van der Waals surface area contributed by atoms with E-state index < -0.39 is 0 Å². The quantitative estimate of drug-likeness (QED) is 0.223. The lowest BCUT2D eigenvalue weighted by molar-refractivity contribution is 0.104. The highest BCUT2D eigenvalue weighted by Crippen LogP contribution is 2.41. The summed E-state index contributed by atoms with van der Waals surface area (Å²) < 4.78 is 36.5. The van der Waals surface area contributed by atoms with Gasteiger partial charge in [0.2, 0.25) is 0 Å². The Labute approximate surface area is 168 Å². The van der Waals surface area contributed by atoms with Crippen molar-refractivity contribution < 1.29 is 18.3 Å². The third-order valence-corrected chi connectivity index (χ3v) is 6.19. The van der Waals surface area contributed by atoms with E-state index in [2.05, 4.69) is 19.2 Å². The van der Waals surface area contributed by atoms with E-state index in [1.807, 2.05) is 0 Å². The zero-order valence-corrected chi connectivity index (χ0v) is 16.8. The highest BCUT2D eigenvalue weighted by molar-refractivity contribution is 5.19. The third-order valence-electron chi connectivity index (χ3n) is 6.19. The zero-order valence-electron chi connectivity index (χ0n) is 16.8. The fraction of sp³-hybridized carbons (Fsp3) is 0.583. The second kappa shape index (κ2) is 12.6. The lowest BCUT2D eigenvalue weighted by Crippen LogP contribution is -2.26. The van der Waals surface area contributed by atoms with Gasteiger partial charge in [-0.2, -0.15) is 0 Å². The summed E-state index contributed by atoms with van der Waals surface area (Å²) in [4.78, 5) is 0. The van der Waals surface area contributed by atoms with Gasteiger partial charge in [-0.1, -0.05) is 18.7 Å². The van der Waals surface area contributed by atoms with Gasteiger partial charge in [-0.15, -0.1) is 6.58 Å². The van der Waals surface area contributed by atoms with Gasteiger partial charge in [0.15, 0.2) is 0 Å². The smallest absolute Gasteiger partial charge is 0.148 e. The molecule has 28 heavy (non-hydrogen) atoms. The number of rotatable bonds is 10. The summed E-state index contributed by atoms with van der Waals surface area (Å²) in [7, 11) is 0. The van der Waals surface area contributed by atoms with E-state index in [-0.39, 0.29) is 18.1 Å². The summed E-state index contributed by atoms with van der Waals surface area (Å²) in [5, 5.41) is 0. The van der Waals surface area contributed by atoms with Crippen molar-refractivity contribution in [3.63, 3.8) is 0 Å². The minimum absolute atomic E-state index is 0.00883. The zero-order chi connectivity index (χ0) is 20.2. The summed E-state index contributed by atoms with van der Waals surface area (Å²) in [6.07, 6.45) is 17.1. The molecule has 2 saturated carbocycles. The molecule has 2 aliphatic carbocycles. The molecule has 0 aromatic carbocycles. The topological polar surface area (TPSA) is 18.5 Å².